The van der Waals surface area contributed by atoms with Crippen molar-refractivity contribution < 1.29 is 4.74 Å². The van der Waals surface area contributed by atoms with E-state index in [1.54, 1.807) is 0 Å². The Labute approximate surface area is 225 Å². The van der Waals surface area contributed by atoms with Crippen LogP contribution in [0.1, 0.15) is 0 Å². The molecule has 0 radical (unpaired) electrons. The minimum Gasteiger partial charge on any atom is -0.456 e. The maximum Gasteiger partial charge on any atom is 0.136 e. The van der Waals surface area contributed by atoms with Crippen LogP contribution in [0.15, 0.2) is 133 Å². The summed E-state index contributed by atoms with van der Waals surface area (Å²) in [6.45, 7) is 0. The number of rotatable bonds is 1. The van der Waals surface area contributed by atoms with E-state index in [1.165, 1.54) is 70.6 Å². The fourth-order valence-electron chi connectivity index (χ4n) is 6.57. The highest BCUT2D eigenvalue weighted by Gasteiger charge is 2.23. The summed E-state index contributed by atoms with van der Waals surface area (Å²) in [5.41, 5.74) is 4.85. The van der Waals surface area contributed by atoms with Crippen molar-refractivity contribution in [1.29, 1.82) is 0 Å². The van der Waals surface area contributed by atoms with E-state index in [-0.39, 0.29) is 0 Å². The zero-order valence-electron chi connectivity index (χ0n) is 21.1. The molecule has 0 aromatic heterocycles. The van der Waals surface area contributed by atoms with Crippen molar-refractivity contribution in [2.24, 2.45) is 0 Å². The maximum atomic E-state index is 6.48. The SMILES string of the molecule is c1ccc2c(c1)Oc1cc3ccccc3c3cc(-c4cc5ccccc5c5cc6ccccc6cc45)cc-2c13. The van der Waals surface area contributed by atoms with Crippen molar-refractivity contribution in [2.45, 2.75) is 0 Å². The lowest BCUT2D eigenvalue weighted by atomic mass is 9.86. The van der Waals surface area contributed by atoms with Crippen LogP contribution < -0.4 is 4.74 Å². The second-order valence-electron chi connectivity index (χ2n) is 10.5. The molecule has 0 spiro atoms. The van der Waals surface area contributed by atoms with Crippen LogP contribution in [0.5, 0.6) is 11.5 Å². The van der Waals surface area contributed by atoms with Gasteiger partial charge in [0.2, 0.25) is 0 Å². The molecule has 1 nitrogen and oxygen atoms in total. The Bertz CT molecular complexity index is 2310. The van der Waals surface area contributed by atoms with Crippen LogP contribution >= 0.6 is 0 Å². The quantitative estimate of drug-likeness (QED) is 0.163. The molecule has 0 saturated heterocycles. The van der Waals surface area contributed by atoms with Gasteiger partial charge in [-0.2, -0.15) is 0 Å². The third-order valence-corrected chi connectivity index (χ3v) is 8.36. The van der Waals surface area contributed by atoms with Gasteiger partial charge in [-0.3, -0.25) is 0 Å². The summed E-state index contributed by atoms with van der Waals surface area (Å²) in [7, 11) is 0. The molecule has 39 heavy (non-hydrogen) atoms. The van der Waals surface area contributed by atoms with Crippen molar-refractivity contribution in [3.8, 4) is 33.8 Å². The first-order valence-corrected chi connectivity index (χ1v) is 13.4. The molecule has 1 heterocycles. The summed E-state index contributed by atoms with van der Waals surface area (Å²) in [6.07, 6.45) is 0. The number of para-hydroxylation sites is 1. The van der Waals surface area contributed by atoms with Crippen LogP contribution in [0.2, 0.25) is 0 Å². The van der Waals surface area contributed by atoms with Crippen LogP contribution in [0.3, 0.4) is 0 Å². The predicted molar refractivity (Wildman–Crippen MR) is 165 cm³/mol. The van der Waals surface area contributed by atoms with Crippen molar-refractivity contribution in [3.63, 3.8) is 0 Å². The number of benzene rings is 8. The van der Waals surface area contributed by atoms with E-state index < -0.39 is 0 Å². The van der Waals surface area contributed by atoms with Gasteiger partial charge in [-0.05, 0) is 108 Å². The first kappa shape index (κ1) is 20.9. The summed E-state index contributed by atoms with van der Waals surface area (Å²) in [5.74, 6) is 1.84. The molecule has 1 aliphatic heterocycles. The summed E-state index contributed by atoms with van der Waals surface area (Å²) < 4.78 is 6.48. The molecular weight excluding hydrogens is 472 g/mol. The first-order chi connectivity index (χ1) is 19.3. The average molecular weight is 495 g/mol. The van der Waals surface area contributed by atoms with E-state index in [9.17, 15) is 0 Å². The molecule has 0 bridgehead atoms. The Balaban J connectivity index is 1.47. The molecule has 0 aliphatic carbocycles. The lowest BCUT2D eigenvalue weighted by molar-refractivity contribution is 0.487. The standard InChI is InChI=1S/C38H22O/c1-2-10-24-18-33-31(19-25-11-3-5-13-28(25)32(33)17-23(24)9-1)27-20-34-29-14-6-4-12-26(29)22-37-38(34)35(21-27)30-15-7-8-16-36(30)39-37/h1-22H. The van der Waals surface area contributed by atoms with E-state index in [0.29, 0.717) is 0 Å². The molecule has 8 aromatic carbocycles. The monoisotopic (exact) mass is 494 g/mol. The molecule has 1 heteroatoms. The molecule has 8 aromatic rings. The smallest absolute Gasteiger partial charge is 0.136 e. The normalized spacial score (nSPS) is 12.3. The molecule has 0 fully saturated rings. The lowest BCUT2D eigenvalue weighted by Crippen LogP contribution is -1.98. The van der Waals surface area contributed by atoms with Crippen LogP contribution in [0, 0.1) is 0 Å². The highest BCUT2D eigenvalue weighted by molar-refractivity contribution is 6.21. The van der Waals surface area contributed by atoms with Crippen molar-refractivity contribution in [3.05, 3.63) is 133 Å². The Morgan fingerprint density at radius 2 is 0.949 bits per heavy atom. The van der Waals surface area contributed by atoms with Crippen LogP contribution in [-0.4, -0.2) is 0 Å². The Morgan fingerprint density at radius 3 is 1.74 bits per heavy atom. The zero-order valence-corrected chi connectivity index (χ0v) is 21.1. The van der Waals surface area contributed by atoms with Crippen molar-refractivity contribution >= 4 is 53.9 Å². The van der Waals surface area contributed by atoms with E-state index in [4.69, 9.17) is 4.74 Å². The highest BCUT2D eigenvalue weighted by Crippen LogP contribution is 2.50. The highest BCUT2D eigenvalue weighted by atomic mass is 16.5. The largest absolute Gasteiger partial charge is 0.456 e. The average Bonchev–Trinajstić information content (AvgIpc) is 2.99. The third-order valence-electron chi connectivity index (χ3n) is 8.36. The summed E-state index contributed by atoms with van der Waals surface area (Å²) in [6, 6.07) is 48.5. The van der Waals surface area contributed by atoms with Gasteiger partial charge in [-0.15, -0.1) is 0 Å². The lowest BCUT2D eigenvalue weighted by Gasteiger charge is -2.24. The van der Waals surface area contributed by atoms with Gasteiger partial charge in [0.05, 0.1) is 0 Å². The number of hydrogen-bond donors (Lipinski definition) is 0. The van der Waals surface area contributed by atoms with Crippen molar-refractivity contribution in [2.75, 3.05) is 0 Å². The van der Waals surface area contributed by atoms with E-state index in [0.717, 1.165) is 17.1 Å². The second-order valence-corrected chi connectivity index (χ2v) is 10.5. The molecule has 0 saturated carbocycles. The second kappa shape index (κ2) is 7.69. The van der Waals surface area contributed by atoms with E-state index in [2.05, 4.69) is 127 Å². The minimum absolute atomic E-state index is 0.910. The van der Waals surface area contributed by atoms with Gasteiger partial charge >= 0.3 is 0 Å². The van der Waals surface area contributed by atoms with Crippen molar-refractivity contribution in [1.82, 2.24) is 0 Å². The number of fused-ring (bicyclic) bond motifs is 8. The zero-order chi connectivity index (χ0) is 25.5. The third kappa shape index (κ3) is 2.96. The fourth-order valence-corrected chi connectivity index (χ4v) is 6.57. The summed E-state index contributed by atoms with van der Waals surface area (Å²) >= 11 is 0. The minimum atomic E-state index is 0.910. The number of ether oxygens (including phenoxy) is 1. The molecular formula is C38H22O. The van der Waals surface area contributed by atoms with Gasteiger partial charge in [0.15, 0.2) is 0 Å². The Morgan fingerprint density at radius 1 is 0.333 bits per heavy atom. The molecule has 0 unspecified atom stereocenters. The molecule has 180 valence electrons. The fraction of sp³-hybridized carbons (Fsp3) is 0. The van der Waals surface area contributed by atoms with Crippen LogP contribution in [-0.2, 0) is 0 Å². The Hall–Kier alpha value is -5.14. The molecule has 9 rings (SSSR count). The summed E-state index contributed by atoms with van der Waals surface area (Å²) in [4.78, 5) is 0. The van der Waals surface area contributed by atoms with Crippen LogP contribution in [0.25, 0.3) is 76.1 Å². The van der Waals surface area contributed by atoms with Crippen LogP contribution in [0.4, 0.5) is 0 Å². The molecule has 1 aliphatic rings. The van der Waals surface area contributed by atoms with Gasteiger partial charge in [-0.25, -0.2) is 0 Å². The molecule has 0 atom stereocenters. The Kier molecular flexibility index (Phi) is 4.11. The maximum absolute atomic E-state index is 6.48. The number of hydrogen-bond acceptors (Lipinski definition) is 1. The first-order valence-electron chi connectivity index (χ1n) is 13.4. The van der Waals surface area contributed by atoms with Gasteiger partial charge in [-0.1, -0.05) is 91.0 Å². The van der Waals surface area contributed by atoms with Gasteiger partial charge in [0.1, 0.15) is 11.5 Å². The van der Waals surface area contributed by atoms with Gasteiger partial charge in [0, 0.05) is 10.9 Å². The molecule has 0 N–H and O–H groups in total. The topological polar surface area (TPSA) is 9.23 Å². The van der Waals surface area contributed by atoms with E-state index >= 15 is 0 Å². The molecule has 0 amide bonds. The van der Waals surface area contributed by atoms with E-state index in [1.807, 2.05) is 6.07 Å². The summed E-state index contributed by atoms with van der Waals surface area (Å²) in [5, 5.41) is 12.5. The van der Waals surface area contributed by atoms with Gasteiger partial charge < -0.3 is 4.74 Å². The van der Waals surface area contributed by atoms with Gasteiger partial charge in [0.25, 0.3) is 0 Å². The predicted octanol–water partition coefficient (Wildman–Crippen LogP) is 10.9.